The zero-order chi connectivity index (χ0) is 48.1. The molecular weight excluding hydrogens is 815 g/mol. The van der Waals surface area contributed by atoms with Crippen LogP contribution >= 0.6 is 0 Å². The summed E-state index contributed by atoms with van der Waals surface area (Å²) in [5.41, 5.74) is 0. The fourth-order valence-electron chi connectivity index (χ4n) is 8.29. The van der Waals surface area contributed by atoms with E-state index in [1.165, 1.54) is 135 Å². The van der Waals surface area contributed by atoms with Gasteiger partial charge < -0.3 is 20.3 Å². The van der Waals surface area contributed by atoms with Gasteiger partial charge in [0.25, 0.3) is 0 Å². The minimum atomic E-state index is -0.803. The highest BCUT2D eigenvalue weighted by Gasteiger charge is 2.24. The second-order valence-corrected chi connectivity index (χ2v) is 19.0. The van der Waals surface area contributed by atoms with E-state index in [0.717, 1.165) is 83.5 Å². The summed E-state index contributed by atoms with van der Waals surface area (Å²) in [6.45, 7) is 6.36. The number of hydrogen-bond acceptors (Lipinski definition) is 5. The first-order valence-electron chi connectivity index (χ1n) is 28.2. The fourth-order valence-corrected chi connectivity index (χ4v) is 8.29. The Kier molecular flexibility index (Phi) is 51.1. The first-order valence-corrected chi connectivity index (χ1v) is 28.2. The van der Waals surface area contributed by atoms with Crippen LogP contribution in [-0.4, -0.2) is 46.9 Å². The molecule has 3 unspecified atom stereocenters. The number of aliphatic hydroxyl groups is 2. The summed E-state index contributed by atoms with van der Waals surface area (Å²) in [5, 5.41) is 23.9. The van der Waals surface area contributed by atoms with Crippen LogP contribution in [0.5, 0.6) is 0 Å². The maximum Gasteiger partial charge on any atom is 0.306 e. The second kappa shape index (κ2) is 53.3. The maximum atomic E-state index is 13.2. The normalized spacial score (nSPS) is 13.7. The van der Waals surface area contributed by atoms with Gasteiger partial charge in [-0.15, -0.1) is 0 Å². The third-order valence-electron chi connectivity index (χ3n) is 12.5. The van der Waals surface area contributed by atoms with Crippen molar-refractivity contribution in [1.82, 2.24) is 5.32 Å². The third-order valence-corrected chi connectivity index (χ3v) is 12.5. The van der Waals surface area contributed by atoms with Crippen LogP contribution < -0.4 is 5.32 Å². The molecule has 66 heavy (non-hydrogen) atoms. The number of carbonyl (C=O) groups is 2. The van der Waals surface area contributed by atoms with Gasteiger partial charge >= 0.3 is 5.97 Å². The van der Waals surface area contributed by atoms with Crippen LogP contribution in [0.3, 0.4) is 0 Å². The minimum Gasteiger partial charge on any atom is -0.462 e. The average molecular weight is 923 g/mol. The number of aliphatic hydroxyl groups excluding tert-OH is 2. The lowest BCUT2D eigenvalue weighted by Crippen LogP contribution is -2.46. The molecule has 382 valence electrons. The zero-order valence-corrected chi connectivity index (χ0v) is 43.6. The minimum absolute atomic E-state index is 0.0475. The Balaban J connectivity index is 4.61. The van der Waals surface area contributed by atoms with E-state index >= 15 is 0 Å². The van der Waals surface area contributed by atoms with Crippen LogP contribution in [0.4, 0.5) is 0 Å². The number of amides is 1. The van der Waals surface area contributed by atoms with Crippen LogP contribution in [0, 0.1) is 0 Å². The molecule has 6 heteroatoms. The highest BCUT2D eigenvalue weighted by atomic mass is 16.5. The van der Waals surface area contributed by atoms with E-state index in [2.05, 4.69) is 99.0 Å². The van der Waals surface area contributed by atoms with Gasteiger partial charge in [-0.05, 0) is 89.9 Å². The second-order valence-electron chi connectivity index (χ2n) is 19.0. The maximum absolute atomic E-state index is 13.2. The van der Waals surface area contributed by atoms with E-state index in [1.807, 2.05) is 0 Å². The third kappa shape index (κ3) is 47.8. The van der Waals surface area contributed by atoms with Gasteiger partial charge in [0.05, 0.1) is 25.2 Å². The number of unbranched alkanes of at least 4 members (excludes halogenated alkanes) is 26. The topological polar surface area (TPSA) is 95.9 Å². The molecule has 0 saturated carbocycles. The molecule has 0 aromatic rings. The van der Waals surface area contributed by atoms with Crippen molar-refractivity contribution in [2.45, 2.75) is 289 Å². The Morgan fingerprint density at radius 1 is 0.455 bits per heavy atom. The Morgan fingerprint density at radius 2 is 0.818 bits per heavy atom. The summed E-state index contributed by atoms with van der Waals surface area (Å²) in [6, 6.07) is -0.719. The molecule has 0 saturated heterocycles. The molecule has 3 N–H and O–H groups in total. The van der Waals surface area contributed by atoms with Gasteiger partial charge in [-0.2, -0.15) is 0 Å². The molecule has 0 heterocycles. The Hall–Kier alpha value is -2.70. The van der Waals surface area contributed by atoms with Crippen molar-refractivity contribution in [2.75, 3.05) is 6.61 Å². The van der Waals surface area contributed by atoms with E-state index in [0.29, 0.717) is 25.7 Å². The lowest BCUT2D eigenvalue weighted by molar-refractivity contribution is -0.151. The van der Waals surface area contributed by atoms with E-state index < -0.39 is 18.2 Å². The molecule has 0 aliphatic rings. The van der Waals surface area contributed by atoms with Crippen molar-refractivity contribution in [1.29, 1.82) is 0 Å². The highest BCUT2D eigenvalue weighted by Crippen LogP contribution is 2.18. The van der Waals surface area contributed by atoms with Gasteiger partial charge in [0, 0.05) is 6.42 Å². The Labute approximate surface area is 409 Å². The number of allylic oxidation sites excluding steroid dienone is 12. The van der Waals surface area contributed by atoms with Gasteiger partial charge in [0.1, 0.15) is 6.10 Å². The first-order chi connectivity index (χ1) is 32.5. The first kappa shape index (κ1) is 63.3. The Bertz CT molecular complexity index is 1220. The number of rotatable bonds is 50. The highest BCUT2D eigenvalue weighted by molar-refractivity contribution is 5.77. The SMILES string of the molecule is CC/C=C\C/C=C\C/C=C\C/C=C\C/C=C\CCCC(=O)OC(CCCCCCC/C=C\CCCCCC)CC(=O)NC(CO)C(O)CCCCCCCCCCCCCCCCCCC. The van der Waals surface area contributed by atoms with Crippen LogP contribution in [0.1, 0.15) is 271 Å². The number of hydrogen-bond donors (Lipinski definition) is 3. The zero-order valence-electron chi connectivity index (χ0n) is 43.6. The van der Waals surface area contributed by atoms with E-state index in [4.69, 9.17) is 4.74 Å². The van der Waals surface area contributed by atoms with Crippen molar-refractivity contribution in [3.63, 3.8) is 0 Å². The molecule has 3 atom stereocenters. The molecule has 0 aliphatic heterocycles. The van der Waals surface area contributed by atoms with Gasteiger partial charge in [0.15, 0.2) is 0 Å². The molecule has 0 rings (SSSR count). The smallest absolute Gasteiger partial charge is 0.306 e. The Morgan fingerprint density at radius 3 is 1.27 bits per heavy atom. The van der Waals surface area contributed by atoms with E-state index in [9.17, 15) is 19.8 Å². The van der Waals surface area contributed by atoms with Crippen molar-refractivity contribution in [3.8, 4) is 0 Å². The fraction of sp³-hybridized carbons (Fsp3) is 0.767. The van der Waals surface area contributed by atoms with Crippen molar-refractivity contribution in [3.05, 3.63) is 72.9 Å². The van der Waals surface area contributed by atoms with Crippen LogP contribution in [0.15, 0.2) is 72.9 Å². The van der Waals surface area contributed by atoms with Crippen LogP contribution in [0.25, 0.3) is 0 Å². The summed E-state index contributed by atoms with van der Waals surface area (Å²) >= 11 is 0. The van der Waals surface area contributed by atoms with Gasteiger partial charge in [-0.3, -0.25) is 9.59 Å². The molecular formula is C60H107NO5. The summed E-state index contributed by atoms with van der Waals surface area (Å²) < 4.78 is 5.92. The number of carbonyl (C=O) groups excluding carboxylic acids is 2. The van der Waals surface area contributed by atoms with Crippen molar-refractivity contribution in [2.24, 2.45) is 0 Å². The summed E-state index contributed by atoms with van der Waals surface area (Å²) in [6.07, 6.45) is 68.3. The molecule has 0 bridgehead atoms. The summed E-state index contributed by atoms with van der Waals surface area (Å²) in [4.78, 5) is 26.2. The molecule has 0 fully saturated rings. The number of ether oxygens (including phenoxy) is 1. The lowest BCUT2D eigenvalue weighted by atomic mass is 10.0. The molecule has 1 amide bonds. The predicted octanol–water partition coefficient (Wildman–Crippen LogP) is 17.3. The summed E-state index contributed by atoms with van der Waals surface area (Å²) in [5.74, 6) is -0.548. The van der Waals surface area contributed by atoms with Gasteiger partial charge in [-0.1, -0.05) is 241 Å². The van der Waals surface area contributed by atoms with Gasteiger partial charge in [0.2, 0.25) is 5.91 Å². The largest absolute Gasteiger partial charge is 0.462 e. The van der Waals surface area contributed by atoms with Crippen LogP contribution in [-0.2, 0) is 14.3 Å². The molecule has 0 aromatic heterocycles. The molecule has 0 aromatic carbocycles. The molecule has 6 nitrogen and oxygen atoms in total. The lowest BCUT2D eigenvalue weighted by Gasteiger charge is -2.24. The average Bonchev–Trinajstić information content (AvgIpc) is 3.31. The predicted molar refractivity (Wildman–Crippen MR) is 287 cm³/mol. The van der Waals surface area contributed by atoms with Crippen molar-refractivity contribution < 1.29 is 24.5 Å². The molecule has 0 spiro atoms. The van der Waals surface area contributed by atoms with E-state index in [1.54, 1.807) is 0 Å². The summed E-state index contributed by atoms with van der Waals surface area (Å²) in [7, 11) is 0. The molecule has 0 aliphatic carbocycles. The van der Waals surface area contributed by atoms with Crippen molar-refractivity contribution >= 4 is 11.9 Å². The molecule has 0 radical (unpaired) electrons. The standard InChI is InChI=1S/C60H107NO5/c1-4-7-10-13-16-19-22-25-27-29-31-34-37-40-43-46-49-52-58(63)57(55-62)61-59(64)54-56(51-48-45-42-39-36-33-24-21-18-15-12-9-6-3)66-60(65)53-50-47-44-41-38-35-32-30-28-26-23-20-17-14-11-8-5-2/h8,11,17,20-21,24,26,28,32,35,41,44,56-58,62-63H,4-7,9-10,12-16,18-19,22-23,25,27,29-31,33-34,36-40,42-43,45-55H2,1-3H3,(H,61,64)/b11-8-,20-17-,24-21-,28-26-,35-32-,44-41-. The van der Waals surface area contributed by atoms with E-state index in [-0.39, 0.29) is 24.9 Å². The number of nitrogens with one attached hydrogen (secondary N) is 1. The quantitative estimate of drug-likeness (QED) is 0.0321. The van der Waals surface area contributed by atoms with Crippen LogP contribution in [0.2, 0.25) is 0 Å². The number of esters is 1. The monoisotopic (exact) mass is 922 g/mol. The van der Waals surface area contributed by atoms with Gasteiger partial charge in [-0.25, -0.2) is 0 Å².